The third-order valence-corrected chi connectivity index (χ3v) is 5.34. The minimum absolute atomic E-state index is 0.240. The summed E-state index contributed by atoms with van der Waals surface area (Å²) in [5.41, 5.74) is 4.62. The maximum absolute atomic E-state index is 12.9. The Morgan fingerprint density at radius 3 is 2.58 bits per heavy atom. The van der Waals surface area contributed by atoms with E-state index in [1.54, 1.807) is 36.1 Å². The van der Waals surface area contributed by atoms with E-state index in [1.807, 2.05) is 62.5 Å². The minimum Gasteiger partial charge on any atom is -0.496 e. The van der Waals surface area contributed by atoms with Crippen molar-refractivity contribution in [2.45, 2.75) is 27.0 Å². The Morgan fingerprint density at radius 2 is 1.79 bits per heavy atom. The van der Waals surface area contributed by atoms with Crippen LogP contribution in [0.3, 0.4) is 0 Å². The fourth-order valence-corrected chi connectivity index (χ4v) is 3.53. The highest BCUT2D eigenvalue weighted by Gasteiger charge is 2.13. The van der Waals surface area contributed by atoms with E-state index in [4.69, 9.17) is 9.47 Å². The van der Waals surface area contributed by atoms with Crippen LogP contribution in [0.4, 0.5) is 5.82 Å². The molecule has 0 unspecified atom stereocenters. The van der Waals surface area contributed by atoms with Crippen molar-refractivity contribution in [3.05, 3.63) is 107 Å². The van der Waals surface area contributed by atoms with Gasteiger partial charge < -0.3 is 14.8 Å². The summed E-state index contributed by atoms with van der Waals surface area (Å²) in [6.45, 7) is 4.96. The molecule has 0 atom stereocenters. The summed E-state index contributed by atoms with van der Waals surface area (Å²) >= 11 is 0. The Balaban J connectivity index is 1.45. The van der Waals surface area contributed by atoms with Crippen LogP contribution in [0, 0.1) is 13.8 Å². The van der Waals surface area contributed by atoms with Crippen LogP contribution in [-0.4, -0.2) is 22.8 Å². The van der Waals surface area contributed by atoms with Crippen molar-refractivity contribution in [3.8, 4) is 11.5 Å². The van der Waals surface area contributed by atoms with Gasteiger partial charge in [-0.25, -0.2) is 0 Å². The van der Waals surface area contributed by atoms with Gasteiger partial charge >= 0.3 is 0 Å². The second-order valence-corrected chi connectivity index (χ2v) is 7.92. The molecule has 0 bridgehead atoms. The van der Waals surface area contributed by atoms with E-state index >= 15 is 0 Å². The predicted molar refractivity (Wildman–Crippen MR) is 129 cm³/mol. The van der Waals surface area contributed by atoms with E-state index in [-0.39, 0.29) is 5.91 Å². The van der Waals surface area contributed by atoms with Crippen molar-refractivity contribution in [2.75, 3.05) is 12.4 Å². The number of hydrogen-bond donors (Lipinski definition) is 1. The summed E-state index contributed by atoms with van der Waals surface area (Å²) in [6.07, 6.45) is 1.85. The lowest BCUT2D eigenvalue weighted by Crippen LogP contribution is -2.14. The molecule has 6 heteroatoms. The molecule has 0 aliphatic heterocycles. The second kappa shape index (κ2) is 10.0. The van der Waals surface area contributed by atoms with Crippen molar-refractivity contribution in [1.29, 1.82) is 0 Å². The van der Waals surface area contributed by atoms with Crippen molar-refractivity contribution < 1.29 is 14.3 Å². The zero-order valence-electron chi connectivity index (χ0n) is 19.0. The lowest BCUT2D eigenvalue weighted by atomic mass is 10.1. The summed E-state index contributed by atoms with van der Waals surface area (Å²) in [5.74, 6) is 1.75. The molecule has 1 amide bonds. The smallest absolute Gasteiger partial charge is 0.256 e. The second-order valence-electron chi connectivity index (χ2n) is 7.92. The number of carbonyl (C=O) groups excluding carboxylic acids is 1. The zero-order valence-corrected chi connectivity index (χ0v) is 19.0. The molecule has 0 saturated carbocycles. The molecular weight excluding hydrogens is 414 g/mol. The van der Waals surface area contributed by atoms with E-state index in [1.165, 1.54) is 0 Å². The first-order valence-corrected chi connectivity index (χ1v) is 10.8. The van der Waals surface area contributed by atoms with Crippen LogP contribution in [0.5, 0.6) is 11.5 Å². The highest BCUT2D eigenvalue weighted by atomic mass is 16.5. The largest absolute Gasteiger partial charge is 0.496 e. The molecule has 4 rings (SSSR count). The number of carbonyl (C=O) groups is 1. The fourth-order valence-electron chi connectivity index (χ4n) is 3.53. The third kappa shape index (κ3) is 5.60. The number of methoxy groups -OCH3 is 1. The van der Waals surface area contributed by atoms with Gasteiger partial charge in [0.1, 0.15) is 18.1 Å². The van der Waals surface area contributed by atoms with Gasteiger partial charge in [0.25, 0.3) is 5.91 Å². The van der Waals surface area contributed by atoms with Gasteiger partial charge in [-0.15, -0.1) is 0 Å². The molecule has 4 aromatic rings. The summed E-state index contributed by atoms with van der Waals surface area (Å²) in [7, 11) is 1.61. The first-order valence-electron chi connectivity index (χ1n) is 10.8. The molecular formula is C27H27N3O3. The van der Waals surface area contributed by atoms with Crippen molar-refractivity contribution in [1.82, 2.24) is 9.78 Å². The number of aryl methyl sites for hydroxylation is 2. The lowest BCUT2D eigenvalue weighted by Gasteiger charge is -2.14. The number of ether oxygens (including phenoxy) is 2. The monoisotopic (exact) mass is 441 g/mol. The molecule has 6 nitrogen and oxygen atoms in total. The number of benzene rings is 3. The summed E-state index contributed by atoms with van der Waals surface area (Å²) in [4.78, 5) is 12.9. The Bertz CT molecular complexity index is 1250. The van der Waals surface area contributed by atoms with Gasteiger partial charge in [-0.2, -0.15) is 5.10 Å². The number of aromatic nitrogens is 2. The normalized spacial score (nSPS) is 10.6. The van der Waals surface area contributed by atoms with Crippen LogP contribution in [0.1, 0.15) is 32.6 Å². The number of nitrogens with zero attached hydrogens (tertiary/aromatic N) is 2. The number of nitrogens with one attached hydrogen (secondary N) is 1. The maximum atomic E-state index is 12.9. The standard InChI is InChI=1S/C27H27N3O3/c1-19-9-10-20(2)25(15-19)33-18-23-16-22(11-12-24(23)32-3)27(31)28-26-13-14-30(29-26)17-21-7-5-4-6-8-21/h4-16H,17-18H2,1-3H3,(H,28,29,31). The molecule has 168 valence electrons. The SMILES string of the molecule is COc1ccc(C(=O)Nc2ccn(Cc3ccccc3)n2)cc1COc1cc(C)ccc1C. The summed E-state index contributed by atoms with van der Waals surface area (Å²) in [6, 6.07) is 23.2. The Kier molecular flexibility index (Phi) is 6.74. The van der Waals surface area contributed by atoms with E-state index in [9.17, 15) is 4.79 Å². The number of hydrogen-bond acceptors (Lipinski definition) is 4. The van der Waals surface area contributed by atoms with Gasteiger partial charge in [0.15, 0.2) is 5.82 Å². The fraction of sp³-hybridized carbons (Fsp3) is 0.185. The van der Waals surface area contributed by atoms with E-state index < -0.39 is 0 Å². The first-order chi connectivity index (χ1) is 16.0. The average Bonchev–Trinajstić information content (AvgIpc) is 3.26. The molecule has 3 aromatic carbocycles. The van der Waals surface area contributed by atoms with Gasteiger partial charge in [0.2, 0.25) is 0 Å². The van der Waals surface area contributed by atoms with E-state index in [0.717, 1.165) is 28.0 Å². The van der Waals surface area contributed by atoms with Crippen LogP contribution < -0.4 is 14.8 Å². The highest BCUT2D eigenvalue weighted by Crippen LogP contribution is 2.25. The average molecular weight is 442 g/mol. The van der Waals surface area contributed by atoms with Gasteiger partial charge in [-0.1, -0.05) is 42.5 Å². The van der Waals surface area contributed by atoms with Crippen LogP contribution in [-0.2, 0) is 13.2 Å². The third-order valence-electron chi connectivity index (χ3n) is 5.34. The molecule has 0 radical (unpaired) electrons. The molecule has 0 fully saturated rings. The Labute approximate surface area is 193 Å². The Morgan fingerprint density at radius 1 is 0.970 bits per heavy atom. The molecule has 0 aliphatic carbocycles. The number of rotatable bonds is 8. The molecule has 1 aromatic heterocycles. The highest BCUT2D eigenvalue weighted by molar-refractivity contribution is 6.04. The van der Waals surface area contributed by atoms with Gasteiger partial charge in [0.05, 0.1) is 13.7 Å². The van der Waals surface area contributed by atoms with E-state index in [0.29, 0.717) is 30.3 Å². The van der Waals surface area contributed by atoms with Gasteiger partial charge in [0, 0.05) is 23.4 Å². The topological polar surface area (TPSA) is 65.4 Å². The first kappa shape index (κ1) is 22.1. The number of amides is 1. The Hall–Kier alpha value is -4.06. The van der Waals surface area contributed by atoms with Crippen molar-refractivity contribution >= 4 is 11.7 Å². The maximum Gasteiger partial charge on any atom is 0.256 e. The predicted octanol–water partition coefficient (Wildman–Crippen LogP) is 5.39. The molecule has 0 aliphatic rings. The summed E-state index contributed by atoms with van der Waals surface area (Å²) in [5, 5.41) is 7.32. The number of anilines is 1. The van der Waals surface area contributed by atoms with Gasteiger partial charge in [-0.05, 0) is 54.8 Å². The molecule has 1 N–H and O–H groups in total. The molecule has 0 saturated heterocycles. The van der Waals surface area contributed by atoms with E-state index in [2.05, 4.69) is 16.5 Å². The molecule has 0 spiro atoms. The summed E-state index contributed by atoms with van der Waals surface area (Å²) < 4.78 is 13.3. The quantitative estimate of drug-likeness (QED) is 0.398. The van der Waals surface area contributed by atoms with Crippen molar-refractivity contribution in [2.24, 2.45) is 0 Å². The van der Waals surface area contributed by atoms with Crippen molar-refractivity contribution in [3.63, 3.8) is 0 Å². The van der Waals surface area contributed by atoms with Gasteiger partial charge in [-0.3, -0.25) is 9.48 Å². The molecule has 33 heavy (non-hydrogen) atoms. The molecule has 1 heterocycles. The van der Waals surface area contributed by atoms with Crippen LogP contribution in [0.2, 0.25) is 0 Å². The van der Waals surface area contributed by atoms with Crippen LogP contribution in [0.15, 0.2) is 79.0 Å². The lowest BCUT2D eigenvalue weighted by molar-refractivity contribution is 0.102. The minimum atomic E-state index is -0.240. The van der Waals surface area contributed by atoms with Crippen LogP contribution in [0.25, 0.3) is 0 Å². The zero-order chi connectivity index (χ0) is 23.2. The van der Waals surface area contributed by atoms with Crippen LogP contribution >= 0.6 is 0 Å².